The molecule has 1 N–H and O–H groups in total. The van der Waals surface area contributed by atoms with Crippen molar-refractivity contribution in [3.05, 3.63) is 0 Å². The van der Waals surface area contributed by atoms with Gasteiger partial charge in [-0.3, -0.25) is 0 Å². The minimum atomic E-state index is -3.05. The van der Waals surface area contributed by atoms with Gasteiger partial charge >= 0.3 is 0 Å². The Kier molecular flexibility index (Phi) is 6.77. The monoisotopic (exact) mass is 267 g/mol. The molecule has 6 heteroatoms. The Labute approximate surface area is 101 Å². The highest BCUT2D eigenvalue weighted by atomic mass is 32.2. The van der Waals surface area contributed by atoms with E-state index in [9.17, 15) is 8.42 Å². The Morgan fingerprint density at radius 2 is 1.88 bits per heavy atom. The van der Waals surface area contributed by atoms with E-state index < -0.39 is 18.3 Å². The van der Waals surface area contributed by atoms with Gasteiger partial charge in [-0.2, -0.15) is 0 Å². The van der Waals surface area contributed by atoms with Gasteiger partial charge in [0.25, 0.3) is 0 Å². The first-order valence-corrected chi connectivity index (χ1v) is 10.7. The van der Waals surface area contributed by atoms with E-state index in [0.29, 0.717) is 19.1 Å². The molecule has 0 amide bonds. The normalized spacial score (nSPS) is 13.4. The maximum Gasteiger partial charge on any atom is 0.208 e. The highest BCUT2D eigenvalue weighted by Gasteiger charge is 2.23. The quantitative estimate of drug-likeness (QED) is 0.539. The molecule has 0 unspecified atom stereocenters. The van der Waals surface area contributed by atoms with Gasteiger partial charge in [0.2, 0.25) is 10.0 Å². The third-order valence-electron chi connectivity index (χ3n) is 2.08. The first kappa shape index (κ1) is 16.1. The summed E-state index contributed by atoms with van der Waals surface area (Å²) >= 11 is 0. The fraction of sp³-hybridized carbons (Fsp3) is 1.00. The van der Waals surface area contributed by atoms with E-state index in [0.717, 1.165) is 12.5 Å². The second kappa shape index (κ2) is 6.73. The van der Waals surface area contributed by atoms with Gasteiger partial charge < -0.3 is 4.43 Å². The predicted octanol–water partition coefficient (Wildman–Crippen LogP) is 1.80. The van der Waals surface area contributed by atoms with Crippen molar-refractivity contribution in [3.8, 4) is 0 Å². The van der Waals surface area contributed by atoms with E-state index in [1.807, 2.05) is 0 Å². The molecule has 0 spiro atoms. The molecule has 0 bridgehead atoms. The van der Waals surface area contributed by atoms with E-state index in [-0.39, 0.29) is 0 Å². The molecule has 0 atom stereocenters. The van der Waals surface area contributed by atoms with Crippen LogP contribution in [0.2, 0.25) is 19.1 Å². The van der Waals surface area contributed by atoms with Crippen LogP contribution in [0.4, 0.5) is 0 Å². The maximum atomic E-state index is 10.8. The number of rotatable bonds is 8. The van der Waals surface area contributed by atoms with Crippen LogP contribution >= 0.6 is 0 Å². The fourth-order valence-corrected chi connectivity index (χ4v) is 5.02. The van der Waals surface area contributed by atoms with Crippen LogP contribution in [0, 0.1) is 5.92 Å². The molecule has 0 aliphatic carbocycles. The van der Waals surface area contributed by atoms with Crippen molar-refractivity contribution >= 4 is 18.3 Å². The van der Waals surface area contributed by atoms with Crippen molar-refractivity contribution in [1.29, 1.82) is 0 Å². The summed E-state index contributed by atoms with van der Waals surface area (Å²) in [5.41, 5.74) is 0. The fourth-order valence-electron chi connectivity index (χ4n) is 1.72. The van der Waals surface area contributed by atoms with Gasteiger partial charge in [0.1, 0.15) is 0 Å². The second-order valence-corrected chi connectivity index (χ2v) is 11.3. The smallest absolute Gasteiger partial charge is 0.208 e. The molecular formula is C10H25NO3SSi. The first-order chi connectivity index (χ1) is 7.12. The summed E-state index contributed by atoms with van der Waals surface area (Å²) in [7, 11) is -4.59. The van der Waals surface area contributed by atoms with Crippen molar-refractivity contribution in [2.24, 2.45) is 5.92 Å². The van der Waals surface area contributed by atoms with Gasteiger partial charge in [-0.05, 0) is 31.5 Å². The van der Waals surface area contributed by atoms with Crippen molar-refractivity contribution < 1.29 is 12.8 Å². The third kappa shape index (κ3) is 10.6. The topological polar surface area (TPSA) is 55.4 Å². The highest BCUT2D eigenvalue weighted by Crippen LogP contribution is 2.17. The number of hydrogen-bond donors (Lipinski definition) is 1. The van der Waals surface area contributed by atoms with E-state index in [2.05, 4.69) is 31.7 Å². The Hall–Kier alpha value is 0.0869. The second-order valence-electron chi connectivity index (χ2n) is 5.23. The first-order valence-electron chi connectivity index (χ1n) is 5.71. The molecule has 0 saturated carbocycles. The summed E-state index contributed by atoms with van der Waals surface area (Å²) in [6.45, 7) is 9.92. The van der Waals surface area contributed by atoms with Crippen molar-refractivity contribution in [2.75, 3.05) is 19.4 Å². The lowest BCUT2D eigenvalue weighted by Gasteiger charge is -2.24. The average Bonchev–Trinajstić information content (AvgIpc) is 1.98. The number of nitrogens with one attached hydrogen (secondary N) is 1. The Morgan fingerprint density at radius 3 is 2.31 bits per heavy atom. The molecule has 0 saturated heterocycles. The zero-order valence-corrected chi connectivity index (χ0v) is 12.9. The van der Waals surface area contributed by atoms with E-state index in [1.165, 1.54) is 6.26 Å². The van der Waals surface area contributed by atoms with Gasteiger partial charge in [-0.25, -0.2) is 13.1 Å². The van der Waals surface area contributed by atoms with Crippen molar-refractivity contribution in [1.82, 2.24) is 4.72 Å². The molecule has 16 heavy (non-hydrogen) atoms. The predicted molar refractivity (Wildman–Crippen MR) is 70.5 cm³/mol. The molecule has 0 radical (unpaired) electrons. The number of hydrogen-bond acceptors (Lipinski definition) is 3. The maximum absolute atomic E-state index is 10.8. The molecule has 0 heterocycles. The van der Waals surface area contributed by atoms with Crippen LogP contribution < -0.4 is 4.72 Å². The molecular weight excluding hydrogens is 242 g/mol. The minimum absolute atomic E-state index is 0.463. The summed E-state index contributed by atoms with van der Waals surface area (Å²) in [6.07, 6.45) is 1.91. The van der Waals surface area contributed by atoms with E-state index >= 15 is 0 Å². The lowest BCUT2D eigenvalue weighted by atomic mass is 10.3. The van der Waals surface area contributed by atoms with Gasteiger partial charge in [-0.15, -0.1) is 0 Å². The molecule has 0 rings (SSSR count). The van der Waals surface area contributed by atoms with E-state index in [1.54, 1.807) is 0 Å². The molecule has 0 aromatic heterocycles. The molecule has 98 valence electrons. The summed E-state index contributed by atoms with van der Waals surface area (Å²) in [4.78, 5) is 0. The summed E-state index contributed by atoms with van der Waals surface area (Å²) in [5.74, 6) is 0.663. The largest absolute Gasteiger partial charge is 0.417 e. The van der Waals surface area contributed by atoms with Crippen LogP contribution in [0.3, 0.4) is 0 Å². The van der Waals surface area contributed by atoms with Crippen LogP contribution in [-0.2, 0) is 14.4 Å². The average molecular weight is 267 g/mol. The molecule has 0 aromatic carbocycles. The summed E-state index contributed by atoms with van der Waals surface area (Å²) in [6, 6.07) is 1.15. The lowest BCUT2D eigenvalue weighted by Crippen LogP contribution is -2.33. The number of sulfonamides is 1. The van der Waals surface area contributed by atoms with Crippen molar-refractivity contribution in [3.63, 3.8) is 0 Å². The molecule has 0 fully saturated rings. The zero-order valence-electron chi connectivity index (χ0n) is 11.0. The van der Waals surface area contributed by atoms with Gasteiger partial charge in [0.05, 0.1) is 6.26 Å². The van der Waals surface area contributed by atoms with Gasteiger partial charge in [0.15, 0.2) is 8.32 Å². The van der Waals surface area contributed by atoms with E-state index in [4.69, 9.17) is 4.43 Å². The zero-order chi connectivity index (χ0) is 12.8. The molecule has 0 aromatic rings. The van der Waals surface area contributed by atoms with Crippen LogP contribution in [0.1, 0.15) is 20.3 Å². The van der Waals surface area contributed by atoms with Crippen LogP contribution in [0.5, 0.6) is 0 Å². The SMILES string of the molecule is CC(C)C[Si](C)(C)OCCCNS(C)(=O)=O. The summed E-state index contributed by atoms with van der Waals surface area (Å²) in [5, 5.41) is 0. The lowest BCUT2D eigenvalue weighted by molar-refractivity contribution is 0.297. The standard InChI is InChI=1S/C10H25NO3SSi/c1-10(2)9-16(4,5)14-8-6-7-11-15(3,12)13/h10-11H,6-9H2,1-5H3. The third-order valence-corrected chi connectivity index (χ3v) is 5.59. The highest BCUT2D eigenvalue weighted by molar-refractivity contribution is 7.88. The van der Waals surface area contributed by atoms with Crippen LogP contribution in [0.15, 0.2) is 0 Å². The van der Waals surface area contributed by atoms with Gasteiger partial charge in [-0.1, -0.05) is 13.8 Å². The molecule has 0 aliphatic heterocycles. The Morgan fingerprint density at radius 1 is 1.31 bits per heavy atom. The Balaban J connectivity index is 3.66. The molecule has 0 aliphatic rings. The molecule has 4 nitrogen and oxygen atoms in total. The Bertz CT molecular complexity index is 288. The minimum Gasteiger partial charge on any atom is -0.417 e. The van der Waals surface area contributed by atoms with Gasteiger partial charge in [0, 0.05) is 13.2 Å². The summed E-state index contributed by atoms with van der Waals surface area (Å²) < 4.78 is 29.9. The van der Waals surface area contributed by atoms with Crippen LogP contribution in [-0.4, -0.2) is 36.1 Å². The van der Waals surface area contributed by atoms with Crippen molar-refractivity contribution in [2.45, 2.75) is 39.4 Å². The van der Waals surface area contributed by atoms with Crippen LogP contribution in [0.25, 0.3) is 0 Å².